The van der Waals surface area contributed by atoms with Crippen LogP contribution in [0.25, 0.3) is 11.0 Å². The summed E-state index contributed by atoms with van der Waals surface area (Å²) in [6.45, 7) is 4.24. The fourth-order valence-corrected chi connectivity index (χ4v) is 3.53. The van der Waals surface area contributed by atoms with Crippen molar-refractivity contribution in [2.45, 2.75) is 25.5 Å². The molecule has 136 valence electrons. The number of nitrogens with zero attached hydrogens (tertiary/aromatic N) is 2. The Balaban J connectivity index is 1.78. The van der Waals surface area contributed by atoms with Gasteiger partial charge in [0.2, 0.25) is 5.91 Å². The van der Waals surface area contributed by atoms with E-state index in [0.717, 1.165) is 5.69 Å². The number of rotatable bonds is 6. The number of nitrogens with one attached hydrogen (secondary N) is 2. The molecule has 1 amide bonds. The number of anilines is 1. The van der Waals surface area contributed by atoms with Gasteiger partial charge in [0.05, 0.1) is 24.1 Å². The molecule has 8 heteroatoms. The number of hydrogen-bond acceptors (Lipinski definition) is 5. The first-order valence-electron chi connectivity index (χ1n) is 8.19. The number of benzene rings is 1. The molecule has 3 aromatic rings. The predicted molar refractivity (Wildman–Crippen MR) is 103 cm³/mol. The van der Waals surface area contributed by atoms with E-state index in [4.69, 9.17) is 4.74 Å². The number of carbonyl (C=O) groups is 1. The molecule has 2 heterocycles. The Morgan fingerprint density at radius 1 is 1.38 bits per heavy atom. The van der Waals surface area contributed by atoms with Crippen LogP contribution in [0, 0.1) is 6.92 Å². The van der Waals surface area contributed by atoms with E-state index in [1.807, 2.05) is 32.0 Å². The number of hydrogen-bond donors (Lipinski definition) is 2. The van der Waals surface area contributed by atoms with Crippen LogP contribution in [-0.2, 0) is 11.3 Å². The van der Waals surface area contributed by atoms with Crippen molar-refractivity contribution in [1.82, 2.24) is 14.5 Å². The quantitative estimate of drug-likeness (QED) is 0.513. The van der Waals surface area contributed by atoms with Gasteiger partial charge in [-0.1, -0.05) is 23.9 Å². The molecule has 0 radical (unpaired) electrons. The highest BCUT2D eigenvalue weighted by Crippen LogP contribution is 2.24. The van der Waals surface area contributed by atoms with E-state index < -0.39 is 0 Å². The molecule has 2 aromatic heterocycles. The zero-order valence-electron chi connectivity index (χ0n) is 14.8. The zero-order chi connectivity index (χ0) is 18.7. The van der Waals surface area contributed by atoms with Crippen LogP contribution in [0.2, 0.25) is 0 Å². The summed E-state index contributed by atoms with van der Waals surface area (Å²) in [7, 11) is 1.55. The smallest absolute Gasteiger partial charge is 0.278 e. The van der Waals surface area contributed by atoms with Crippen molar-refractivity contribution < 1.29 is 9.53 Å². The molecule has 0 saturated carbocycles. The van der Waals surface area contributed by atoms with Gasteiger partial charge in [-0.15, -0.1) is 0 Å². The number of aryl methyl sites for hydroxylation is 1. The number of methoxy groups -OCH3 is 1. The Kier molecular flexibility index (Phi) is 5.32. The molecular weight excluding hydrogens is 352 g/mol. The molecular formula is C18H20N4O3S. The molecule has 1 aromatic carbocycles. The van der Waals surface area contributed by atoms with E-state index in [9.17, 15) is 9.59 Å². The van der Waals surface area contributed by atoms with Gasteiger partial charge < -0.3 is 15.0 Å². The standard InChI is InChI=1S/C18H20N4O3S/c1-4-22-17(24)16-13(9-11(2)19-16)21-18(22)26-10-15(23)20-12-7-5-6-8-14(12)25-3/h5-9,19H,4,10H2,1-3H3,(H,20,23). The van der Waals surface area contributed by atoms with Crippen molar-refractivity contribution in [3.05, 3.63) is 46.4 Å². The second-order valence-electron chi connectivity index (χ2n) is 5.69. The highest BCUT2D eigenvalue weighted by Gasteiger charge is 2.14. The number of aromatic nitrogens is 3. The van der Waals surface area contributed by atoms with Crippen molar-refractivity contribution in [3.8, 4) is 5.75 Å². The Morgan fingerprint density at radius 3 is 2.88 bits per heavy atom. The lowest BCUT2D eigenvalue weighted by Crippen LogP contribution is -2.23. The van der Waals surface area contributed by atoms with Gasteiger partial charge >= 0.3 is 0 Å². The third kappa shape index (κ3) is 3.60. The third-order valence-corrected chi connectivity index (χ3v) is 4.84. The normalized spacial score (nSPS) is 10.9. The molecule has 2 N–H and O–H groups in total. The molecule has 0 aliphatic carbocycles. The maximum Gasteiger partial charge on any atom is 0.278 e. The molecule has 7 nitrogen and oxygen atoms in total. The molecule has 0 spiro atoms. The van der Waals surface area contributed by atoms with Crippen LogP contribution in [0.1, 0.15) is 12.6 Å². The summed E-state index contributed by atoms with van der Waals surface area (Å²) in [5.41, 5.74) is 2.47. The third-order valence-electron chi connectivity index (χ3n) is 3.87. The zero-order valence-corrected chi connectivity index (χ0v) is 15.6. The van der Waals surface area contributed by atoms with Gasteiger partial charge in [-0.3, -0.25) is 14.2 Å². The minimum absolute atomic E-state index is 0.127. The van der Waals surface area contributed by atoms with Gasteiger partial charge in [-0.05, 0) is 32.0 Å². The monoisotopic (exact) mass is 372 g/mol. The Bertz CT molecular complexity index is 1010. The van der Waals surface area contributed by atoms with Crippen molar-refractivity contribution >= 4 is 34.4 Å². The second kappa shape index (κ2) is 7.65. The average molecular weight is 372 g/mol. The van der Waals surface area contributed by atoms with Gasteiger partial charge in [0, 0.05) is 12.2 Å². The SMILES string of the molecule is CCn1c(SCC(=O)Nc2ccccc2OC)nc2cc(C)[nH]c2c1=O. The highest BCUT2D eigenvalue weighted by molar-refractivity contribution is 7.99. The van der Waals surface area contributed by atoms with Crippen LogP contribution in [-0.4, -0.2) is 33.3 Å². The van der Waals surface area contributed by atoms with Gasteiger partial charge in [0.1, 0.15) is 11.3 Å². The van der Waals surface area contributed by atoms with E-state index in [1.165, 1.54) is 11.8 Å². The Labute approximate surface area is 154 Å². The molecule has 0 saturated heterocycles. The minimum atomic E-state index is -0.193. The van der Waals surface area contributed by atoms with Crippen molar-refractivity contribution in [2.75, 3.05) is 18.2 Å². The largest absolute Gasteiger partial charge is 0.495 e. The lowest BCUT2D eigenvalue weighted by molar-refractivity contribution is -0.113. The first kappa shape index (κ1) is 18.1. The van der Waals surface area contributed by atoms with Gasteiger partial charge in [-0.25, -0.2) is 4.98 Å². The van der Waals surface area contributed by atoms with Crippen LogP contribution in [0.3, 0.4) is 0 Å². The van der Waals surface area contributed by atoms with E-state index in [-0.39, 0.29) is 17.2 Å². The molecule has 26 heavy (non-hydrogen) atoms. The number of amides is 1. The molecule has 3 rings (SSSR count). The molecule has 0 aliphatic rings. The molecule has 0 unspecified atom stereocenters. The number of fused-ring (bicyclic) bond motifs is 1. The highest BCUT2D eigenvalue weighted by atomic mass is 32.2. The number of para-hydroxylation sites is 2. The number of aromatic amines is 1. The molecule has 0 atom stereocenters. The number of H-pyrrole nitrogens is 1. The number of thioether (sulfide) groups is 1. The lowest BCUT2D eigenvalue weighted by Gasteiger charge is -2.11. The second-order valence-corrected chi connectivity index (χ2v) is 6.64. The molecule has 0 bridgehead atoms. The molecule has 0 fully saturated rings. The first-order valence-corrected chi connectivity index (χ1v) is 9.18. The van der Waals surface area contributed by atoms with Gasteiger partial charge in [0.25, 0.3) is 5.56 Å². The Morgan fingerprint density at radius 2 is 2.15 bits per heavy atom. The van der Waals surface area contributed by atoms with Gasteiger partial charge in [0.15, 0.2) is 5.16 Å². The topological polar surface area (TPSA) is 89.0 Å². The summed E-state index contributed by atoms with van der Waals surface area (Å²) >= 11 is 1.24. The maximum absolute atomic E-state index is 12.6. The van der Waals surface area contributed by atoms with Crippen LogP contribution in [0.4, 0.5) is 5.69 Å². The number of carbonyl (C=O) groups excluding carboxylic acids is 1. The average Bonchev–Trinajstić information content (AvgIpc) is 3.01. The van der Waals surface area contributed by atoms with E-state index in [1.54, 1.807) is 23.8 Å². The lowest BCUT2D eigenvalue weighted by atomic mass is 10.3. The van der Waals surface area contributed by atoms with Crippen LogP contribution in [0.5, 0.6) is 5.75 Å². The summed E-state index contributed by atoms with van der Waals surface area (Å²) < 4.78 is 6.80. The van der Waals surface area contributed by atoms with E-state index >= 15 is 0 Å². The first-order chi connectivity index (χ1) is 12.5. The summed E-state index contributed by atoms with van der Waals surface area (Å²) in [4.78, 5) is 32.4. The van der Waals surface area contributed by atoms with Crippen molar-refractivity contribution in [3.63, 3.8) is 0 Å². The maximum atomic E-state index is 12.6. The number of ether oxygens (including phenoxy) is 1. The summed E-state index contributed by atoms with van der Waals surface area (Å²) in [6.07, 6.45) is 0. The minimum Gasteiger partial charge on any atom is -0.495 e. The summed E-state index contributed by atoms with van der Waals surface area (Å²) in [6, 6.07) is 9.04. The van der Waals surface area contributed by atoms with Crippen LogP contribution >= 0.6 is 11.8 Å². The fourth-order valence-electron chi connectivity index (χ4n) is 2.66. The van der Waals surface area contributed by atoms with Gasteiger partial charge in [-0.2, -0.15) is 0 Å². The fraction of sp³-hybridized carbons (Fsp3) is 0.278. The van der Waals surface area contributed by atoms with Crippen LogP contribution in [0.15, 0.2) is 40.3 Å². The van der Waals surface area contributed by atoms with Crippen molar-refractivity contribution in [1.29, 1.82) is 0 Å². The summed E-state index contributed by atoms with van der Waals surface area (Å²) in [5, 5.41) is 3.35. The van der Waals surface area contributed by atoms with E-state index in [0.29, 0.717) is 34.2 Å². The van der Waals surface area contributed by atoms with Crippen molar-refractivity contribution in [2.24, 2.45) is 0 Å². The van der Waals surface area contributed by atoms with E-state index in [2.05, 4.69) is 15.3 Å². The molecule has 0 aliphatic heterocycles. The predicted octanol–water partition coefficient (Wildman–Crippen LogP) is 2.79. The van der Waals surface area contributed by atoms with Crippen LogP contribution < -0.4 is 15.6 Å². The summed E-state index contributed by atoms with van der Waals surface area (Å²) in [5.74, 6) is 0.541. The Hall–Kier alpha value is -2.74.